The summed E-state index contributed by atoms with van der Waals surface area (Å²) in [5, 5.41) is 9.75. The van der Waals surface area contributed by atoms with Gasteiger partial charge in [-0.15, -0.1) is 0 Å². The summed E-state index contributed by atoms with van der Waals surface area (Å²) in [6.07, 6.45) is 2.01. The molecule has 0 aliphatic carbocycles. The number of rotatable bonds is 5. The molecule has 3 nitrogen and oxygen atoms in total. The predicted octanol–water partition coefficient (Wildman–Crippen LogP) is 3.06. The Morgan fingerprint density at radius 1 is 1.26 bits per heavy atom. The molecule has 0 aliphatic rings. The Morgan fingerprint density at radius 3 is 2.79 bits per heavy atom. The third-order valence-corrected chi connectivity index (χ3v) is 2.96. The number of aliphatic hydroxyl groups excluding tert-OH is 1. The molecule has 0 amide bonds. The summed E-state index contributed by atoms with van der Waals surface area (Å²) in [6, 6.07) is 11.7. The molecule has 1 aromatic heterocycles. The van der Waals surface area contributed by atoms with Gasteiger partial charge in [-0.25, -0.2) is 0 Å². The van der Waals surface area contributed by atoms with Gasteiger partial charge in [-0.1, -0.05) is 17.7 Å². The second kappa shape index (κ2) is 6.34. The molecule has 3 heteroatoms. The highest BCUT2D eigenvalue weighted by atomic mass is 16.5. The van der Waals surface area contributed by atoms with Crippen LogP contribution >= 0.6 is 0 Å². The first-order valence-electron chi connectivity index (χ1n) is 6.48. The Hall–Kier alpha value is -1.87. The van der Waals surface area contributed by atoms with E-state index in [1.165, 1.54) is 0 Å². The second-order valence-electron chi connectivity index (χ2n) is 4.64. The van der Waals surface area contributed by atoms with Crippen LogP contribution in [0.15, 0.2) is 42.6 Å². The number of nitrogens with zero attached hydrogens (tertiary/aromatic N) is 1. The van der Waals surface area contributed by atoms with Crippen molar-refractivity contribution in [2.24, 2.45) is 0 Å². The van der Waals surface area contributed by atoms with E-state index in [1.54, 1.807) is 13.1 Å². The zero-order valence-electron chi connectivity index (χ0n) is 11.3. The molecular weight excluding hydrogens is 238 g/mol. The van der Waals surface area contributed by atoms with Gasteiger partial charge in [0, 0.05) is 23.9 Å². The smallest absolute Gasteiger partial charge is 0.125 e. The van der Waals surface area contributed by atoms with E-state index in [9.17, 15) is 5.11 Å². The maximum Gasteiger partial charge on any atom is 0.125 e. The minimum Gasteiger partial charge on any atom is -0.493 e. The monoisotopic (exact) mass is 257 g/mol. The lowest BCUT2D eigenvalue weighted by atomic mass is 10.1. The van der Waals surface area contributed by atoms with Crippen LogP contribution in [-0.2, 0) is 6.42 Å². The summed E-state index contributed by atoms with van der Waals surface area (Å²) in [5.41, 5.74) is 2.96. The van der Waals surface area contributed by atoms with Crippen molar-refractivity contribution >= 4 is 0 Å². The van der Waals surface area contributed by atoms with Crippen molar-refractivity contribution in [3.8, 4) is 5.75 Å². The SMILES string of the molecule is Cc1ccc(OCCc2ccccn2)c([C@@H](C)O)c1. The fourth-order valence-electron chi connectivity index (χ4n) is 1.94. The maximum atomic E-state index is 9.75. The normalized spacial score (nSPS) is 12.2. The molecule has 0 aliphatic heterocycles. The van der Waals surface area contributed by atoms with Crippen molar-refractivity contribution in [1.29, 1.82) is 0 Å². The van der Waals surface area contributed by atoms with E-state index in [-0.39, 0.29) is 0 Å². The van der Waals surface area contributed by atoms with Crippen LogP contribution in [-0.4, -0.2) is 16.7 Å². The topological polar surface area (TPSA) is 42.4 Å². The molecule has 1 atom stereocenters. The van der Waals surface area contributed by atoms with Crippen molar-refractivity contribution in [3.63, 3.8) is 0 Å². The van der Waals surface area contributed by atoms with Crippen LogP contribution in [0.25, 0.3) is 0 Å². The van der Waals surface area contributed by atoms with Gasteiger partial charge in [-0.05, 0) is 38.1 Å². The molecule has 0 saturated heterocycles. The zero-order valence-corrected chi connectivity index (χ0v) is 11.3. The van der Waals surface area contributed by atoms with E-state index in [2.05, 4.69) is 4.98 Å². The van der Waals surface area contributed by atoms with E-state index in [1.807, 2.05) is 43.3 Å². The fraction of sp³-hybridized carbons (Fsp3) is 0.312. The summed E-state index contributed by atoms with van der Waals surface area (Å²) in [6.45, 7) is 4.31. The van der Waals surface area contributed by atoms with Gasteiger partial charge < -0.3 is 9.84 Å². The lowest BCUT2D eigenvalue weighted by Crippen LogP contribution is -2.05. The van der Waals surface area contributed by atoms with Crippen molar-refractivity contribution in [1.82, 2.24) is 4.98 Å². The number of hydrogen-bond donors (Lipinski definition) is 1. The number of pyridine rings is 1. The Kier molecular flexibility index (Phi) is 4.53. The third kappa shape index (κ3) is 3.80. The highest BCUT2D eigenvalue weighted by molar-refractivity contribution is 5.38. The highest BCUT2D eigenvalue weighted by Crippen LogP contribution is 2.26. The molecule has 0 radical (unpaired) electrons. The first-order valence-corrected chi connectivity index (χ1v) is 6.48. The minimum absolute atomic E-state index is 0.523. The summed E-state index contributed by atoms with van der Waals surface area (Å²) in [7, 11) is 0. The van der Waals surface area contributed by atoms with Gasteiger partial charge in [0.05, 0.1) is 12.7 Å². The van der Waals surface area contributed by atoms with Gasteiger partial charge in [0.25, 0.3) is 0 Å². The Labute approximate surface area is 113 Å². The molecule has 0 bridgehead atoms. The molecule has 1 heterocycles. The van der Waals surface area contributed by atoms with Crippen molar-refractivity contribution in [2.75, 3.05) is 6.61 Å². The standard InChI is InChI=1S/C16H19NO2/c1-12-6-7-16(15(11-12)13(2)18)19-10-8-14-5-3-4-9-17-14/h3-7,9,11,13,18H,8,10H2,1-2H3/t13-/m1/s1. The number of aromatic nitrogens is 1. The zero-order chi connectivity index (χ0) is 13.7. The average molecular weight is 257 g/mol. The molecule has 2 aromatic rings. The largest absolute Gasteiger partial charge is 0.493 e. The molecular formula is C16H19NO2. The Bertz CT molecular complexity index is 524. The van der Waals surface area contributed by atoms with Crippen LogP contribution in [0.3, 0.4) is 0 Å². The van der Waals surface area contributed by atoms with Crippen LogP contribution in [0.1, 0.15) is 29.8 Å². The van der Waals surface area contributed by atoms with Gasteiger partial charge in [0.1, 0.15) is 5.75 Å². The van der Waals surface area contributed by atoms with Crippen LogP contribution in [0, 0.1) is 6.92 Å². The maximum absolute atomic E-state index is 9.75. The van der Waals surface area contributed by atoms with Crippen LogP contribution in [0.4, 0.5) is 0 Å². The number of ether oxygens (including phenoxy) is 1. The van der Waals surface area contributed by atoms with Crippen LogP contribution < -0.4 is 4.74 Å². The first kappa shape index (κ1) is 13.6. The van der Waals surface area contributed by atoms with Crippen molar-refractivity contribution < 1.29 is 9.84 Å². The summed E-state index contributed by atoms with van der Waals surface area (Å²) in [5.74, 6) is 0.747. The number of hydrogen-bond acceptors (Lipinski definition) is 3. The molecule has 1 N–H and O–H groups in total. The molecule has 1 aromatic carbocycles. The minimum atomic E-state index is -0.523. The van der Waals surface area contributed by atoms with Crippen LogP contribution in [0.2, 0.25) is 0 Å². The summed E-state index contributed by atoms with van der Waals surface area (Å²) in [4.78, 5) is 4.25. The fourth-order valence-corrected chi connectivity index (χ4v) is 1.94. The van der Waals surface area contributed by atoms with E-state index in [0.717, 1.165) is 29.0 Å². The lowest BCUT2D eigenvalue weighted by molar-refractivity contribution is 0.191. The molecule has 100 valence electrons. The van der Waals surface area contributed by atoms with E-state index < -0.39 is 6.10 Å². The number of benzene rings is 1. The predicted molar refractivity (Wildman–Crippen MR) is 75.2 cm³/mol. The molecule has 19 heavy (non-hydrogen) atoms. The Balaban J connectivity index is 2.00. The summed E-state index contributed by atoms with van der Waals surface area (Å²) >= 11 is 0. The summed E-state index contributed by atoms with van der Waals surface area (Å²) < 4.78 is 5.76. The van der Waals surface area contributed by atoms with Crippen molar-refractivity contribution in [3.05, 3.63) is 59.4 Å². The van der Waals surface area contributed by atoms with E-state index in [0.29, 0.717) is 6.61 Å². The van der Waals surface area contributed by atoms with E-state index in [4.69, 9.17) is 4.74 Å². The first-order chi connectivity index (χ1) is 9.16. The second-order valence-corrected chi connectivity index (χ2v) is 4.64. The molecule has 0 spiro atoms. The van der Waals surface area contributed by atoms with Crippen molar-refractivity contribution in [2.45, 2.75) is 26.4 Å². The van der Waals surface area contributed by atoms with E-state index >= 15 is 0 Å². The third-order valence-electron chi connectivity index (χ3n) is 2.96. The molecule has 0 saturated carbocycles. The number of aryl methyl sites for hydroxylation is 1. The van der Waals surface area contributed by atoms with Gasteiger partial charge in [-0.2, -0.15) is 0 Å². The van der Waals surface area contributed by atoms with Crippen LogP contribution in [0.5, 0.6) is 5.75 Å². The molecule has 0 unspecified atom stereocenters. The average Bonchev–Trinajstić information content (AvgIpc) is 2.41. The molecule has 0 fully saturated rings. The number of aliphatic hydroxyl groups is 1. The van der Waals surface area contributed by atoms with Gasteiger partial charge in [0.2, 0.25) is 0 Å². The Morgan fingerprint density at radius 2 is 2.11 bits per heavy atom. The van der Waals surface area contributed by atoms with Gasteiger partial charge in [0.15, 0.2) is 0 Å². The quantitative estimate of drug-likeness (QED) is 0.895. The van der Waals surface area contributed by atoms with Gasteiger partial charge in [-0.3, -0.25) is 4.98 Å². The molecule has 2 rings (SSSR count). The highest BCUT2D eigenvalue weighted by Gasteiger charge is 2.09. The lowest BCUT2D eigenvalue weighted by Gasteiger charge is -2.14. The van der Waals surface area contributed by atoms with Gasteiger partial charge >= 0.3 is 0 Å².